The van der Waals surface area contributed by atoms with Crippen molar-refractivity contribution in [2.75, 3.05) is 6.54 Å². The maximum atomic E-state index is 13.9. The average Bonchev–Trinajstić information content (AvgIpc) is 2.41. The van der Waals surface area contributed by atoms with Crippen LogP contribution in [-0.4, -0.2) is 25.3 Å². The van der Waals surface area contributed by atoms with Crippen LogP contribution in [-0.2, 0) is 15.9 Å². The van der Waals surface area contributed by atoms with Crippen LogP contribution in [0.2, 0.25) is 0 Å². The number of rotatable bonds is 3. The number of nitrogens with zero attached hydrogens (tertiary/aromatic N) is 1. The normalized spacial score (nSPS) is 21.1. The van der Waals surface area contributed by atoms with E-state index in [2.05, 4.69) is 0 Å². The Morgan fingerprint density at radius 1 is 1.40 bits per heavy atom. The summed E-state index contributed by atoms with van der Waals surface area (Å²) in [6.45, 7) is 3.89. The van der Waals surface area contributed by atoms with Gasteiger partial charge in [-0.25, -0.2) is 12.8 Å². The van der Waals surface area contributed by atoms with Crippen molar-refractivity contribution in [2.45, 2.75) is 49.9 Å². The second-order valence-electron chi connectivity index (χ2n) is 5.29. The Balaban J connectivity index is 2.51. The maximum absolute atomic E-state index is 13.9. The Morgan fingerprint density at radius 2 is 2.10 bits per heavy atom. The molecule has 0 bridgehead atoms. The smallest absolute Gasteiger partial charge is 0.207 e. The van der Waals surface area contributed by atoms with Gasteiger partial charge in [-0.05, 0) is 44.4 Å². The molecular weight excluding hydrogens is 301 g/mol. The monoisotopic (exact) mass is 319 g/mol. The van der Waals surface area contributed by atoms with Crippen LogP contribution in [0.4, 0.5) is 4.39 Å². The molecule has 1 heterocycles. The van der Waals surface area contributed by atoms with Crippen LogP contribution in [0.3, 0.4) is 0 Å². The molecule has 20 heavy (non-hydrogen) atoms. The summed E-state index contributed by atoms with van der Waals surface area (Å²) in [5.41, 5.74) is 0.648. The lowest BCUT2D eigenvalue weighted by molar-refractivity contribution is 0.268. The molecule has 1 aromatic carbocycles. The molecular formula is C14H19ClFNO2S. The minimum absolute atomic E-state index is 0.0434. The van der Waals surface area contributed by atoms with Crippen LogP contribution in [0.5, 0.6) is 0 Å². The molecule has 112 valence electrons. The number of alkyl halides is 1. The number of hydrogen-bond donors (Lipinski definition) is 0. The first-order chi connectivity index (χ1) is 9.37. The lowest BCUT2D eigenvalue weighted by atomic mass is 10.1. The third-order valence-electron chi connectivity index (χ3n) is 3.84. The van der Waals surface area contributed by atoms with E-state index in [0.717, 1.165) is 19.3 Å². The Morgan fingerprint density at radius 3 is 2.70 bits per heavy atom. The molecule has 2 rings (SSSR count). The van der Waals surface area contributed by atoms with Gasteiger partial charge in [-0.2, -0.15) is 4.31 Å². The van der Waals surface area contributed by atoms with Crippen molar-refractivity contribution in [1.29, 1.82) is 0 Å². The predicted molar refractivity (Wildman–Crippen MR) is 77.9 cm³/mol. The van der Waals surface area contributed by atoms with Crippen molar-refractivity contribution >= 4 is 21.6 Å². The van der Waals surface area contributed by atoms with E-state index in [9.17, 15) is 12.8 Å². The molecule has 1 unspecified atom stereocenters. The first kappa shape index (κ1) is 15.7. The number of piperidine rings is 1. The largest absolute Gasteiger partial charge is 0.243 e. The molecule has 1 aliphatic rings. The highest BCUT2D eigenvalue weighted by Crippen LogP contribution is 2.29. The quantitative estimate of drug-likeness (QED) is 0.800. The van der Waals surface area contributed by atoms with E-state index in [1.807, 2.05) is 6.92 Å². The van der Waals surface area contributed by atoms with Gasteiger partial charge in [0.25, 0.3) is 0 Å². The Kier molecular flexibility index (Phi) is 4.72. The van der Waals surface area contributed by atoms with Crippen LogP contribution in [0, 0.1) is 12.7 Å². The van der Waals surface area contributed by atoms with E-state index in [0.29, 0.717) is 12.1 Å². The molecule has 1 saturated heterocycles. The van der Waals surface area contributed by atoms with Crippen molar-refractivity contribution in [1.82, 2.24) is 4.31 Å². The summed E-state index contributed by atoms with van der Waals surface area (Å²) in [5, 5.41) is 0. The van der Waals surface area contributed by atoms with Crippen molar-refractivity contribution < 1.29 is 12.8 Å². The molecule has 0 saturated carbocycles. The van der Waals surface area contributed by atoms with Crippen molar-refractivity contribution in [3.63, 3.8) is 0 Å². The van der Waals surface area contributed by atoms with Crippen LogP contribution >= 0.6 is 11.6 Å². The lowest BCUT2D eigenvalue weighted by Crippen LogP contribution is -2.42. The van der Waals surface area contributed by atoms with Crippen molar-refractivity contribution in [3.05, 3.63) is 29.1 Å². The van der Waals surface area contributed by atoms with Crippen molar-refractivity contribution in [3.8, 4) is 0 Å². The van der Waals surface area contributed by atoms with E-state index < -0.39 is 15.8 Å². The number of benzene rings is 1. The minimum atomic E-state index is -3.66. The number of hydrogen-bond acceptors (Lipinski definition) is 2. The zero-order valence-electron chi connectivity index (χ0n) is 11.7. The van der Waals surface area contributed by atoms with E-state index in [4.69, 9.17) is 11.6 Å². The summed E-state index contributed by atoms with van der Waals surface area (Å²) in [6, 6.07) is 2.74. The van der Waals surface area contributed by atoms with E-state index in [1.165, 1.54) is 23.4 Å². The Hall–Kier alpha value is -0.650. The molecule has 0 amide bonds. The summed E-state index contributed by atoms with van der Waals surface area (Å²) in [6.07, 6.45) is 2.72. The van der Waals surface area contributed by atoms with Crippen molar-refractivity contribution in [2.24, 2.45) is 0 Å². The fourth-order valence-electron chi connectivity index (χ4n) is 2.61. The van der Waals surface area contributed by atoms with Gasteiger partial charge in [-0.15, -0.1) is 11.6 Å². The number of sulfonamides is 1. The summed E-state index contributed by atoms with van der Waals surface area (Å²) >= 11 is 5.71. The fourth-order valence-corrected chi connectivity index (χ4v) is 4.75. The maximum Gasteiger partial charge on any atom is 0.243 e. The molecule has 3 nitrogen and oxygen atoms in total. The van der Waals surface area contributed by atoms with E-state index in [-0.39, 0.29) is 22.4 Å². The first-order valence-electron chi connectivity index (χ1n) is 6.74. The van der Waals surface area contributed by atoms with Crippen LogP contribution in [0.15, 0.2) is 17.0 Å². The lowest BCUT2D eigenvalue weighted by Gasteiger charge is -2.32. The number of halogens is 2. The predicted octanol–water partition coefficient (Wildman–Crippen LogP) is 3.44. The van der Waals surface area contributed by atoms with Gasteiger partial charge in [-0.3, -0.25) is 0 Å². The van der Waals surface area contributed by atoms with Gasteiger partial charge in [0, 0.05) is 24.0 Å². The summed E-state index contributed by atoms with van der Waals surface area (Å²) in [4.78, 5) is 0.0434. The molecule has 0 aromatic heterocycles. The Bertz CT molecular complexity index is 603. The first-order valence-corrected chi connectivity index (χ1v) is 8.72. The summed E-state index contributed by atoms with van der Waals surface area (Å²) in [5.74, 6) is -0.429. The molecule has 1 atom stereocenters. The molecule has 6 heteroatoms. The fraction of sp³-hybridized carbons (Fsp3) is 0.571. The molecule has 0 aliphatic carbocycles. The van der Waals surface area contributed by atoms with Crippen LogP contribution < -0.4 is 0 Å². The molecule has 0 spiro atoms. The third kappa shape index (κ3) is 2.85. The van der Waals surface area contributed by atoms with Gasteiger partial charge < -0.3 is 0 Å². The van der Waals surface area contributed by atoms with Gasteiger partial charge in [0.1, 0.15) is 5.82 Å². The second kappa shape index (κ2) is 6.00. The summed E-state index contributed by atoms with van der Waals surface area (Å²) in [7, 11) is -3.66. The second-order valence-corrected chi connectivity index (χ2v) is 7.42. The summed E-state index contributed by atoms with van der Waals surface area (Å²) < 4.78 is 40.9. The molecule has 1 aliphatic heterocycles. The molecule has 1 fully saturated rings. The minimum Gasteiger partial charge on any atom is -0.207 e. The molecule has 0 N–H and O–H groups in total. The van der Waals surface area contributed by atoms with E-state index >= 15 is 0 Å². The van der Waals surface area contributed by atoms with Crippen LogP contribution in [0.1, 0.15) is 37.3 Å². The molecule has 0 radical (unpaired) electrons. The topological polar surface area (TPSA) is 37.4 Å². The SMILES string of the molecule is Cc1c(F)cc(CCl)cc1S(=O)(=O)N1CCCCC1C. The highest BCUT2D eigenvalue weighted by Gasteiger charge is 2.32. The molecule has 1 aromatic rings. The highest BCUT2D eigenvalue weighted by atomic mass is 35.5. The highest BCUT2D eigenvalue weighted by molar-refractivity contribution is 7.89. The van der Waals surface area contributed by atoms with Gasteiger partial charge in [0.05, 0.1) is 4.90 Å². The Labute approximate surface area is 124 Å². The average molecular weight is 320 g/mol. The van der Waals surface area contributed by atoms with Gasteiger partial charge in [0.2, 0.25) is 10.0 Å². The standard InChI is InChI=1S/C14H19ClFNO2S/c1-10-5-3-4-6-17(10)20(18,19)14-8-12(9-15)7-13(16)11(14)2/h7-8,10H,3-6,9H2,1-2H3. The zero-order valence-corrected chi connectivity index (χ0v) is 13.3. The van der Waals surface area contributed by atoms with Gasteiger partial charge in [-0.1, -0.05) is 6.42 Å². The van der Waals surface area contributed by atoms with Gasteiger partial charge in [0.15, 0.2) is 0 Å². The van der Waals surface area contributed by atoms with Gasteiger partial charge >= 0.3 is 0 Å². The third-order valence-corrected chi connectivity index (χ3v) is 6.29. The van der Waals surface area contributed by atoms with Crippen LogP contribution in [0.25, 0.3) is 0 Å². The zero-order chi connectivity index (χ0) is 14.9. The van der Waals surface area contributed by atoms with E-state index in [1.54, 1.807) is 0 Å².